The Labute approximate surface area is 101 Å². The molecule has 4 nitrogen and oxygen atoms in total. The molecule has 0 aliphatic carbocycles. The van der Waals surface area contributed by atoms with Crippen molar-refractivity contribution in [3.05, 3.63) is 16.6 Å². The minimum atomic E-state index is -3.10. The van der Waals surface area contributed by atoms with Crippen molar-refractivity contribution in [2.75, 3.05) is 13.3 Å². The average molecular weight is 262 g/mol. The highest BCUT2D eigenvalue weighted by atomic mass is 32.2. The van der Waals surface area contributed by atoms with Crippen molar-refractivity contribution in [2.45, 2.75) is 31.1 Å². The molecule has 1 unspecified atom stereocenters. The molecule has 1 aromatic heterocycles. The van der Waals surface area contributed by atoms with E-state index < -0.39 is 14.6 Å². The standard InChI is InChI=1S/C10H18N2O2S2/c1-10(2,16(4,13)14)8(11-3)7-9-12-5-6-15-9/h5-6,8,11H,7H2,1-4H3. The first-order chi connectivity index (χ1) is 7.29. The van der Waals surface area contributed by atoms with Crippen molar-refractivity contribution >= 4 is 21.2 Å². The molecule has 0 spiro atoms. The molecule has 6 heteroatoms. The molecule has 1 N–H and O–H groups in total. The predicted molar refractivity (Wildman–Crippen MR) is 67.6 cm³/mol. The summed E-state index contributed by atoms with van der Waals surface area (Å²) >= 11 is 1.55. The minimum Gasteiger partial charge on any atom is -0.315 e. The normalized spacial score (nSPS) is 15.0. The van der Waals surface area contributed by atoms with Gasteiger partial charge in [-0.05, 0) is 20.9 Å². The van der Waals surface area contributed by atoms with Crippen LogP contribution in [0.5, 0.6) is 0 Å². The van der Waals surface area contributed by atoms with Gasteiger partial charge in [-0.15, -0.1) is 11.3 Å². The fourth-order valence-electron chi connectivity index (χ4n) is 1.48. The van der Waals surface area contributed by atoms with Gasteiger partial charge in [-0.25, -0.2) is 13.4 Å². The van der Waals surface area contributed by atoms with Crippen LogP contribution in [-0.4, -0.2) is 37.5 Å². The van der Waals surface area contributed by atoms with E-state index in [1.165, 1.54) is 6.26 Å². The molecule has 0 bridgehead atoms. The summed E-state index contributed by atoms with van der Waals surface area (Å²) < 4.78 is 22.7. The Bertz CT molecular complexity index is 424. The Balaban J connectivity index is 2.91. The molecule has 1 aromatic rings. The van der Waals surface area contributed by atoms with Gasteiger partial charge in [0, 0.05) is 30.3 Å². The van der Waals surface area contributed by atoms with E-state index in [9.17, 15) is 8.42 Å². The van der Waals surface area contributed by atoms with Gasteiger partial charge in [0.1, 0.15) is 0 Å². The van der Waals surface area contributed by atoms with Gasteiger partial charge < -0.3 is 5.32 Å². The van der Waals surface area contributed by atoms with Crippen LogP contribution >= 0.6 is 11.3 Å². The number of nitrogens with zero attached hydrogens (tertiary/aromatic N) is 1. The van der Waals surface area contributed by atoms with E-state index in [-0.39, 0.29) is 6.04 Å². The molecule has 0 aliphatic rings. The van der Waals surface area contributed by atoms with E-state index in [1.807, 2.05) is 5.38 Å². The van der Waals surface area contributed by atoms with E-state index in [0.29, 0.717) is 6.42 Å². The van der Waals surface area contributed by atoms with Crippen LogP contribution in [0, 0.1) is 0 Å². The second-order valence-electron chi connectivity index (χ2n) is 4.35. The second kappa shape index (κ2) is 4.81. The van der Waals surface area contributed by atoms with Gasteiger partial charge in [0.05, 0.1) is 9.75 Å². The summed E-state index contributed by atoms with van der Waals surface area (Å²) in [5.41, 5.74) is 0. The highest BCUT2D eigenvalue weighted by molar-refractivity contribution is 7.92. The molecule has 1 atom stereocenters. The summed E-state index contributed by atoms with van der Waals surface area (Å²) in [5.74, 6) is 0. The molecule has 0 fully saturated rings. The van der Waals surface area contributed by atoms with E-state index in [2.05, 4.69) is 10.3 Å². The van der Waals surface area contributed by atoms with E-state index in [4.69, 9.17) is 0 Å². The Kier molecular flexibility index (Phi) is 4.09. The number of hydrogen-bond acceptors (Lipinski definition) is 5. The Morgan fingerprint density at radius 3 is 2.56 bits per heavy atom. The highest BCUT2D eigenvalue weighted by Crippen LogP contribution is 2.23. The second-order valence-corrected chi connectivity index (χ2v) is 7.92. The third kappa shape index (κ3) is 2.81. The van der Waals surface area contributed by atoms with Crippen LogP contribution in [0.4, 0.5) is 0 Å². The van der Waals surface area contributed by atoms with Gasteiger partial charge in [-0.3, -0.25) is 0 Å². The smallest absolute Gasteiger partial charge is 0.154 e. The predicted octanol–water partition coefficient (Wildman–Crippen LogP) is 1.10. The van der Waals surface area contributed by atoms with Crippen molar-refractivity contribution in [1.82, 2.24) is 10.3 Å². The lowest BCUT2D eigenvalue weighted by molar-refractivity contribution is 0.430. The number of rotatable bonds is 5. The van der Waals surface area contributed by atoms with Gasteiger partial charge in [0.2, 0.25) is 0 Å². The highest BCUT2D eigenvalue weighted by Gasteiger charge is 2.38. The van der Waals surface area contributed by atoms with E-state index >= 15 is 0 Å². The number of hydrogen-bond donors (Lipinski definition) is 1. The van der Waals surface area contributed by atoms with Crippen molar-refractivity contribution in [3.8, 4) is 0 Å². The van der Waals surface area contributed by atoms with Crippen LogP contribution < -0.4 is 5.32 Å². The fraction of sp³-hybridized carbons (Fsp3) is 0.700. The molecule has 0 aliphatic heterocycles. The molecule has 0 saturated carbocycles. The maximum absolute atomic E-state index is 11.7. The van der Waals surface area contributed by atoms with Gasteiger partial charge in [-0.2, -0.15) is 0 Å². The molecule has 0 amide bonds. The monoisotopic (exact) mass is 262 g/mol. The Morgan fingerprint density at radius 1 is 1.56 bits per heavy atom. The zero-order chi connectivity index (χ0) is 12.4. The number of thiazole rings is 1. The number of likely N-dealkylation sites (N-methyl/N-ethyl adjacent to an activating group) is 1. The lowest BCUT2D eigenvalue weighted by Gasteiger charge is -2.31. The van der Waals surface area contributed by atoms with Crippen LogP contribution in [0.3, 0.4) is 0 Å². The molecular weight excluding hydrogens is 244 g/mol. The first-order valence-corrected chi connectivity index (χ1v) is 7.81. The lowest BCUT2D eigenvalue weighted by atomic mass is 10.0. The van der Waals surface area contributed by atoms with Crippen LogP contribution in [0.15, 0.2) is 11.6 Å². The minimum absolute atomic E-state index is 0.131. The molecule has 1 heterocycles. The number of aromatic nitrogens is 1. The first-order valence-electron chi connectivity index (χ1n) is 5.04. The summed E-state index contributed by atoms with van der Waals surface area (Å²) in [6.07, 6.45) is 3.65. The number of sulfone groups is 1. The van der Waals surface area contributed by atoms with Gasteiger partial charge in [-0.1, -0.05) is 0 Å². The molecular formula is C10H18N2O2S2. The summed E-state index contributed by atoms with van der Waals surface area (Å²) in [6.45, 7) is 3.49. The third-order valence-corrected chi connectivity index (χ3v) is 6.00. The third-order valence-electron chi connectivity index (χ3n) is 3.01. The SMILES string of the molecule is CNC(Cc1nccs1)C(C)(C)S(C)(=O)=O. The quantitative estimate of drug-likeness (QED) is 0.863. The fourth-order valence-corrected chi connectivity index (χ4v) is 2.86. The summed E-state index contributed by atoms with van der Waals surface area (Å²) in [7, 11) is -1.32. The van der Waals surface area contributed by atoms with Crippen molar-refractivity contribution in [1.29, 1.82) is 0 Å². The molecule has 1 rings (SSSR count). The number of nitrogens with one attached hydrogen (secondary N) is 1. The zero-order valence-electron chi connectivity index (χ0n) is 10.0. The molecule has 0 radical (unpaired) electrons. The van der Waals surface area contributed by atoms with Crippen LogP contribution in [0.2, 0.25) is 0 Å². The summed E-state index contributed by atoms with van der Waals surface area (Å²) in [4.78, 5) is 4.18. The van der Waals surface area contributed by atoms with E-state index in [0.717, 1.165) is 5.01 Å². The van der Waals surface area contributed by atoms with Crippen molar-refractivity contribution in [3.63, 3.8) is 0 Å². The average Bonchev–Trinajstić information content (AvgIpc) is 2.64. The summed E-state index contributed by atoms with van der Waals surface area (Å²) in [6, 6.07) is -0.131. The van der Waals surface area contributed by atoms with Crippen LogP contribution in [-0.2, 0) is 16.3 Å². The molecule has 0 saturated heterocycles. The topological polar surface area (TPSA) is 59.1 Å². The van der Waals surface area contributed by atoms with Gasteiger partial charge >= 0.3 is 0 Å². The molecule has 92 valence electrons. The van der Waals surface area contributed by atoms with Crippen LogP contribution in [0.25, 0.3) is 0 Å². The van der Waals surface area contributed by atoms with Gasteiger partial charge in [0.15, 0.2) is 9.84 Å². The largest absolute Gasteiger partial charge is 0.315 e. The summed E-state index contributed by atoms with van der Waals surface area (Å²) in [5, 5.41) is 5.93. The molecule has 16 heavy (non-hydrogen) atoms. The van der Waals surface area contributed by atoms with Crippen molar-refractivity contribution in [2.24, 2.45) is 0 Å². The zero-order valence-corrected chi connectivity index (χ0v) is 11.7. The van der Waals surface area contributed by atoms with Gasteiger partial charge in [0.25, 0.3) is 0 Å². The molecule has 0 aromatic carbocycles. The Morgan fingerprint density at radius 2 is 2.19 bits per heavy atom. The lowest BCUT2D eigenvalue weighted by Crippen LogP contribution is -2.51. The van der Waals surface area contributed by atoms with Crippen LogP contribution in [0.1, 0.15) is 18.9 Å². The van der Waals surface area contributed by atoms with Crippen molar-refractivity contribution < 1.29 is 8.42 Å². The maximum atomic E-state index is 11.7. The van der Waals surface area contributed by atoms with E-state index in [1.54, 1.807) is 38.4 Å². The first kappa shape index (κ1) is 13.6. The Hall–Kier alpha value is -0.460. The maximum Gasteiger partial charge on any atom is 0.154 e.